The van der Waals surface area contributed by atoms with Crippen LogP contribution in [0.5, 0.6) is 5.88 Å². The number of aryl methyl sites for hydroxylation is 1. The highest BCUT2D eigenvalue weighted by Gasteiger charge is 2.26. The maximum atomic E-state index is 6.29. The average molecular weight is 436 g/mol. The fourth-order valence-electron chi connectivity index (χ4n) is 3.67. The van der Waals surface area contributed by atoms with Crippen LogP contribution in [0.15, 0.2) is 30.7 Å². The van der Waals surface area contributed by atoms with E-state index in [4.69, 9.17) is 21.1 Å². The Morgan fingerprint density at radius 2 is 2.03 bits per heavy atom. The number of rotatable bonds is 3. The molecule has 0 aliphatic carbocycles. The van der Waals surface area contributed by atoms with Crippen LogP contribution in [0.25, 0.3) is 11.4 Å². The molecular formula is C21H18ClN7O2. The van der Waals surface area contributed by atoms with Crippen LogP contribution in [-0.4, -0.2) is 48.5 Å². The van der Waals surface area contributed by atoms with Gasteiger partial charge in [-0.25, -0.2) is 9.67 Å². The maximum absolute atomic E-state index is 6.29. The van der Waals surface area contributed by atoms with Crippen molar-refractivity contribution in [3.05, 3.63) is 64.1 Å². The number of methoxy groups -OCH3 is 2. The third-order valence-corrected chi connectivity index (χ3v) is 5.29. The summed E-state index contributed by atoms with van der Waals surface area (Å²) in [6.45, 7) is 0.354. The second-order valence-corrected chi connectivity index (χ2v) is 7.46. The van der Waals surface area contributed by atoms with Crippen molar-refractivity contribution in [3.63, 3.8) is 0 Å². The van der Waals surface area contributed by atoms with Crippen LogP contribution in [0.4, 0.5) is 0 Å². The fourth-order valence-corrected chi connectivity index (χ4v) is 3.83. The van der Waals surface area contributed by atoms with Crippen LogP contribution in [-0.2, 0) is 24.8 Å². The van der Waals surface area contributed by atoms with Gasteiger partial charge in [0.2, 0.25) is 5.88 Å². The van der Waals surface area contributed by atoms with Crippen LogP contribution in [0, 0.1) is 11.8 Å². The highest BCUT2D eigenvalue weighted by molar-refractivity contribution is 6.30. The van der Waals surface area contributed by atoms with E-state index in [9.17, 15) is 0 Å². The molecule has 0 unspecified atom stereocenters. The van der Waals surface area contributed by atoms with E-state index in [1.165, 1.54) is 0 Å². The number of fused-ring (bicyclic) bond motifs is 5. The molecule has 1 aliphatic heterocycles. The molecule has 4 heterocycles. The Labute approximate surface area is 183 Å². The highest BCUT2D eigenvalue weighted by Crippen LogP contribution is 2.31. The van der Waals surface area contributed by atoms with E-state index < -0.39 is 0 Å². The molecule has 1 aliphatic rings. The first-order chi connectivity index (χ1) is 15.1. The lowest BCUT2D eigenvalue weighted by Crippen LogP contribution is -2.04. The van der Waals surface area contributed by atoms with E-state index in [1.807, 2.05) is 40.7 Å². The van der Waals surface area contributed by atoms with Gasteiger partial charge in [0.25, 0.3) is 0 Å². The molecule has 0 amide bonds. The minimum atomic E-state index is 0.354. The monoisotopic (exact) mass is 435 g/mol. The van der Waals surface area contributed by atoms with Crippen LogP contribution >= 0.6 is 11.6 Å². The van der Waals surface area contributed by atoms with Gasteiger partial charge in [0, 0.05) is 31.8 Å². The first-order valence-corrected chi connectivity index (χ1v) is 9.85. The lowest BCUT2D eigenvalue weighted by atomic mass is 10.1. The van der Waals surface area contributed by atoms with E-state index in [0.29, 0.717) is 35.2 Å². The number of imidazole rings is 1. The van der Waals surface area contributed by atoms with Crippen molar-refractivity contribution in [1.29, 1.82) is 0 Å². The molecule has 0 radical (unpaired) electrons. The Morgan fingerprint density at radius 3 is 2.84 bits per heavy atom. The summed E-state index contributed by atoms with van der Waals surface area (Å²) < 4.78 is 16.1. The van der Waals surface area contributed by atoms with Gasteiger partial charge in [0.05, 0.1) is 36.5 Å². The largest absolute Gasteiger partial charge is 0.479 e. The van der Waals surface area contributed by atoms with Crippen molar-refractivity contribution in [3.8, 4) is 29.1 Å². The lowest BCUT2D eigenvalue weighted by Gasteiger charge is -2.09. The zero-order chi connectivity index (χ0) is 21.5. The summed E-state index contributed by atoms with van der Waals surface area (Å²) in [7, 11) is 5.03. The Bertz CT molecular complexity index is 1360. The minimum Gasteiger partial charge on any atom is -0.479 e. The zero-order valence-electron chi connectivity index (χ0n) is 17.1. The molecule has 5 rings (SSSR count). The smallest absolute Gasteiger partial charge is 0.248 e. The van der Waals surface area contributed by atoms with Crippen molar-refractivity contribution < 1.29 is 9.47 Å². The molecular weight excluding hydrogens is 418 g/mol. The first kappa shape index (κ1) is 19.4. The van der Waals surface area contributed by atoms with Gasteiger partial charge in [-0.2, -0.15) is 0 Å². The Hall–Kier alpha value is -3.61. The first-order valence-electron chi connectivity index (χ1n) is 9.47. The Kier molecular flexibility index (Phi) is 4.73. The number of ether oxygens (including phenoxy) is 2. The van der Waals surface area contributed by atoms with E-state index in [1.54, 1.807) is 25.2 Å². The minimum absolute atomic E-state index is 0.354. The zero-order valence-corrected chi connectivity index (χ0v) is 17.9. The van der Waals surface area contributed by atoms with Gasteiger partial charge in [-0.15, -0.1) is 10.2 Å². The second-order valence-electron chi connectivity index (χ2n) is 7.02. The summed E-state index contributed by atoms with van der Waals surface area (Å²) in [5.41, 5.74) is 5.66. The molecule has 0 fully saturated rings. The SMILES string of the molecule is COCc1nnn2c1Cc1c(C#Cc3cn(C)nc3OC)ncn1-c1ccc(Cl)cc1-2. The van der Waals surface area contributed by atoms with E-state index in [0.717, 1.165) is 28.5 Å². The molecule has 156 valence electrons. The van der Waals surface area contributed by atoms with Gasteiger partial charge < -0.3 is 9.47 Å². The molecule has 3 aromatic heterocycles. The number of aromatic nitrogens is 7. The number of hydrogen-bond donors (Lipinski definition) is 0. The molecule has 9 nitrogen and oxygen atoms in total. The Morgan fingerprint density at radius 1 is 1.16 bits per heavy atom. The molecule has 0 bridgehead atoms. The van der Waals surface area contributed by atoms with Crippen molar-refractivity contribution in [1.82, 2.24) is 34.3 Å². The summed E-state index contributed by atoms with van der Waals surface area (Å²) in [6, 6.07) is 5.65. The molecule has 10 heteroatoms. The summed E-state index contributed by atoms with van der Waals surface area (Å²) in [6.07, 6.45) is 4.11. The third kappa shape index (κ3) is 3.26. The highest BCUT2D eigenvalue weighted by atomic mass is 35.5. The van der Waals surface area contributed by atoms with Crippen molar-refractivity contribution in [2.75, 3.05) is 14.2 Å². The van der Waals surface area contributed by atoms with Crippen molar-refractivity contribution in [2.45, 2.75) is 13.0 Å². The number of hydrogen-bond acceptors (Lipinski definition) is 6. The maximum Gasteiger partial charge on any atom is 0.248 e. The van der Waals surface area contributed by atoms with E-state index >= 15 is 0 Å². The predicted molar refractivity (Wildman–Crippen MR) is 113 cm³/mol. The molecule has 1 aromatic carbocycles. The third-order valence-electron chi connectivity index (χ3n) is 5.06. The van der Waals surface area contributed by atoms with Crippen LogP contribution in [0.2, 0.25) is 5.02 Å². The number of nitrogens with zero attached hydrogens (tertiary/aromatic N) is 7. The lowest BCUT2D eigenvalue weighted by molar-refractivity contribution is 0.180. The topological polar surface area (TPSA) is 84.8 Å². The normalized spacial score (nSPS) is 11.7. The van der Waals surface area contributed by atoms with Gasteiger partial charge in [0.1, 0.15) is 23.3 Å². The van der Waals surface area contributed by atoms with Gasteiger partial charge in [-0.05, 0) is 24.1 Å². The Balaban J connectivity index is 1.68. The second kappa shape index (κ2) is 7.58. The summed E-state index contributed by atoms with van der Waals surface area (Å²) >= 11 is 6.29. The van der Waals surface area contributed by atoms with E-state index in [2.05, 4.69) is 32.2 Å². The summed E-state index contributed by atoms with van der Waals surface area (Å²) in [5.74, 6) is 6.79. The standard InChI is InChI=1S/C21H18ClN7O2/c1-27-10-13(21(25-27)31-3)4-6-15-18-9-19-16(11-30-2)24-26-29(19)20-8-14(22)5-7-17(20)28(18)12-23-15/h5,7-8,10,12H,9,11H2,1-3H3. The molecule has 31 heavy (non-hydrogen) atoms. The molecule has 0 spiro atoms. The fraction of sp³-hybridized carbons (Fsp3) is 0.238. The number of halogens is 1. The predicted octanol–water partition coefficient (Wildman–Crippen LogP) is 2.30. The van der Waals surface area contributed by atoms with Crippen molar-refractivity contribution in [2.24, 2.45) is 7.05 Å². The number of benzene rings is 1. The molecule has 0 saturated heterocycles. The van der Waals surface area contributed by atoms with E-state index in [-0.39, 0.29) is 0 Å². The van der Waals surface area contributed by atoms with Gasteiger partial charge in [-0.3, -0.25) is 9.25 Å². The molecule has 0 N–H and O–H groups in total. The van der Waals surface area contributed by atoms with Crippen LogP contribution < -0.4 is 4.74 Å². The van der Waals surface area contributed by atoms with Gasteiger partial charge in [-0.1, -0.05) is 22.7 Å². The summed E-state index contributed by atoms with van der Waals surface area (Å²) in [5, 5.41) is 13.5. The molecule has 0 atom stereocenters. The van der Waals surface area contributed by atoms with Gasteiger partial charge >= 0.3 is 0 Å². The molecule has 0 saturated carbocycles. The quantitative estimate of drug-likeness (QED) is 0.404. The molecule has 4 aromatic rings. The van der Waals surface area contributed by atoms with Gasteiger partial charge in [0.15, 0.2) is 0 Å². The van der Waals surface area contributed by atoms with Crippen molar-refractivity contribution >= 4 is 11.6 Å². The van der Waals surface area contributed by atoms with Crippen LogP contribution in [0.3, 0.4) is 0 Å². The summed E-state index contributed by atoms with van der Waals surface area (Å²) in [4.78, 5) is 4.58. The van der Waals surface area contributed by atoms with Crippen LogP contribution in [0.1, 0.15) is 28.3 Å². The average Bonchev–Trinajstić information content (AvgIpc) is 3.42.